The number of H-pyrrole nitrogens is 1. The third-order valence-corrected chi connectivity index (χ3v) is 5.30. The summed E-state index contributed by atoms with van der Waals surface area (Å²) in [5.41, 5.74) is -0.474. The molecule has 1 saturated heterocycles. The van der Waals surface area contributed by atoms with Crippen molar-refractivity contribution in [2.75, 3.05) is 26.8 Å². The van der Waals surface area contributed by atoms with Crippen LogP contribution < -0.4 is 5.43 Å². The van der Waals surface area contributed by atoms with E-state index in [1.165, 1.54) is 22.8 Å². The van der Waals surface area contributed by atoms with Gasteiger partial charge in [-0.2, -0.15) is 4.31 Å². The Balaban J connectivity index is 2.15. The SMILES string of the molecule is COCC1CCN(S(=O)(=O)c2c[nH]ccc2=O)CC1. The van der Waals surface area contributed by atoms with Gasteiger partial charge in [0, 0.05) is 45.3 Å². The molecule has 0 radical (unpaired) electrons. The molecule has 2 heterocycles. The maximum absolute atomic E-state index is 12.3. The molecule has 0 aliphatic carbocycles. The summed E-state index contributed by atoms with van der Waals surface area (Å²) in [4.78, 5) is 14.1. The highest BCUT2D eigenvalue weighted by atomic mass is 32.2. The number of hydrogen-bond donors (Lipinski definition) is 1. The second-order valence-corrected chi connectivity index (χ2v) is 6.58. The van der Waals surface area contributed by atoms with Gasteiger partial charge in [0.1, 0.15) is 4.90 Å². The van der Waals surface area contributed by atoms with Gasteiger partial charge in [-0.15, -0.1) is 0 Å². The lowest BCUT2D eigenvalue weighted by atomic mass is 9.99. The first kappa shape index (κ1) is 14.2. The summed E-state index contributed by atoms with van der Waals surface area (Å²) in [5, 5.41) is 0. The van der Waals surface area contributed by atoms with Crippen molar-refractivity contribution in [2.24, 2.45) is 5.92 Å². The second-order valence-electron chi connectivity index (χ2n) is 4.68. The molecule has 0 unspecified atom stereocenters. The molecule has 1 N–H and O–H groups in total. The molecule has 1 fully saturated rings. The zero-order valence-electron chi connectivity index (χ0n) is 10.8. The summed E-state index contributed by atoms with van der Waals surface area (Å²) in [6.07, 6.45) is 4.20. The van der Waals surface area contributed by atoms with E-state index >= 15 is 0 Å². The third-order valence-electron chi connectivity index (χ3n) is 3.38. The van der Waals surface area contributed by atoms with E-state index in [0.717, 1.165) is 12.8 Å². The first-order valence-electron chi connectivity index (χ1n) is 6.22. The van der Waals surface area contributed by atoms with E-state index in [-0.39, 0.29) is 4.90 Å². The number of hydrogen-bond acceptors (Lipinski definition) is 4. The number of nitrogens with one attached hydrogen (secondary N) is 1. The Bertz CT molecular complexity index is 573. The van der Waals surface area contributed by atoms with E-state index < -0.39 is 15.5 Å². The lowest BCUT2D eigenvalue weighted by Crippen LogP contribution is -2.40. The van der Waals surface area contributed by atoms with Crippen LogP contribution >= 0.6 is 0 Å². The van der Waals surface area contributed by atoms with Crippen LogP contribution in [0.2, 0.25) is 0 Å². The van der Waals surface area contributed by atoms with Crippen molar-refractivity contribution < 1.29 is 13.2 Å². The van der Waals surface area contributed by atoms with Gasteiger partial charge in [0.2, 0.25) is 15.5 Å². The van der Waals surface area contributed by atoms with Gasteiger partial charge in [-0.05, 0) is 18.8 Å². The number of nitrogens with zero attached hydrogens (tertiary/aromatic N) is 1. The van der Waals surface area contributed by atoms with Crippen molar-refractivity contribution in [3.8, 4) is 0 Å². The van der Waals surface area contributed by atoms with Crippen LogP contribution in [0.25, 0.3) is 0 Å². The van der Waals surface area contributed by atoms with E-state index in [9.17, 15) is 13.2 Å². The van der Waals surface area contributed by atoms with E-state index in [1.54, 1.807) is 7.11 Å². The van der Waals surface area contributed by atoms with Gasteiger partial charge >= 0.3 is 0 Å². The Kier molecular flexibility index (Phi) is 4.38. The average Bonchev–Trinajstić information content (AvgIpc) is 2.40. The van der Waals surface area contributed by atoms with Gasteiger partial charge in [0.05, 0.1) is 0 Å². The molecule has 7 heteroatoms. The Morgan fingerprint density at radius 3 is 2.68 bits per heavy atom. The molecule has 6 nitrogen and oxygen atoms in total. The van der Waals surface area contributed by atoms with Crippen molar-refractivity contribution in [3.05, 3.63) is 28.7 Å². The van der Waals surface area contributed by atoms with Crippen LogP contribution in [0.5, 0.6) is 0 Å². The maximum atomic E-state index is 12.3. The lowest BCUT2D eigenvalue weighted by Gasteiger charge is -2.30. The van der Waals surface area contributed by atoms with Crippen molar-refractivity contribution in [3.63, 3.8) is 0 Å². The largest absolute Gasteiger partial charge is 0.384 e. The van der Waals surface area contributed by atoms with Gasteiger partial charge in [0.15, 0.2) is 0 Å². The standard InChI is InChI=1S/C12H18N2O4S/c1-18-9-10-3-6-14(7-4-10)19(16,17)12-8-13-5-2-11(12)15/h2,5,8,10H,3-4,6-7,9H2,1H3,(H,13,15). The number of aromatic nitrogens is 1. The molecular weight excluding hydrogens is 268 g/mol. The van der Waals surface area contributed by atoms with Crippen LogP contribution in [0, 0.1) is 5.92 Å². The molecule has 0 bridgehead atoms. The molecular formula is C12H18N2O4S. The summed E-state index contributed by atoms with van der Waals surface area (Å²) < 4.78 is 31.2. The Labute approximate surface area is 112 Å². The minimum Gasteiger partial charge on any atom is -0.384 e. The fraction of sp³-hybridized carbons (Fsp3) is 0.583. The van der Waals surface area contributed by atoms with Crippen molar-refractivity contribution in [2.45, 2.75) is 17.7 Å². The van der Waals surface area contributed by atoms with Crippen molar-refractivity contribution >= 4 is 10.0 Å². The quantitative estimate of drug-likeness (QED) is 0.870. The van der Waals surface area contributed by atoms with Gasteiger partial charge < -0.3 is 9.72 Å². The van der Waals surface area contributed by atoms with Crippen molar-refractivity contribution in [1.29, 1.82) is 0 Å². The Hall–Kier alpha value is -1.18. The second kappa shape index (κ2) is 5.85. The summed E-state index contributed by atoms with van der Waals surface area (Å²) in [5.74, 6) is 0.394. The number of sulfonamides is 1. The molecule has 1 aromatic rings. The highest BCUT2D eigenvalue weighted by Crippen LogP contribution is 2.22. The summed E-state index contributed by atoms with van der Waals surface area (Å²) in [6, 6.07) is 1.23. The van der Waals surface area contributed by atoms with Gasteiger partial charge in [-0.3, -0.25) is 4.79 Å². The molecule has 0 amide bonds. The monoisotopic (exact) mass is 286 g/mol. The highest BCUT2D eigenvalue weighted by Gasteiger charge is 2.30. The molecule has 0 atom stereocenters. The molecule has 106 valence electrons. The number of pyridine rings is 1. The zero-order chi connectivity index (χ0) is 13.9. The number of piperidine rings is 1. The minimum atomic E-state index is -3.68. The minimum absolute atomic E-state index is 0.180. The lowest BCUT2D eigenvalue weighted by molar-refractivity contribution is 0.121. The smallest absolute Gasteiger partial charge is 0.248 e. The van der Waals surface area contributed by atoms with Gasteiger partial charge in [-0.25, -0.2) is 8.42 Å². The third kappa shape index (κ3) is 3.05. The van der Waals surface area contributed by atoms with Crippen LogP contribution in [-0.2, 0) is 14.8 Å². The first-order valence-corrected chi connectivity index (χ1v) is 7.66. The zero-order valence-corrected chi connectivity index (χ0v) is 11.6. The van der Waals surface area contributed by atoms with Crippen LogP contribution in [0.15, 0.2) is 28.2 Å². The van der Waals surface area contributed by atoms with E-state index in [2.05, 4.69) is 4.98 Å². The van der Waals surface area contributed by atoms with E-state index in [4.69, 9.17) is 4.74 Å². The molecule has 19 heavy (non-hydrogen) atoms. The highest BCUT2D eigenvalue weighted by molar-refractivity contribution is 7.89. The molecule has 1 aliphatic rings. The summed E-state index contributed by atoms with van der Waals surface area (Å²) in [6.45, 7) is 1.52. The van der Waals surface area contributed by atoms with Crippen LogP contribution in [0.4, 0.5) is 0 Å². The number of methoxy groups -OCH3 is 1. The molecule has 0 spiro atoms. The molecule has 0 aromatic carbocycles. The average molecular weight is 286 g/mol. The van der Waals surface area contributed by atoms with Crippen molar-refractivity contribution in [1.82, 2.24) is 9.29 Å². The fourth-order valence-corrected chi connectivity index (χ4v) is 3.80. The predicted octanol–water partition coefficient (Wildman–Crippen LogP) is 0.422. The van der Waals surface area contributed by atoms with E-state index in [0.29, 0.717) is 25.6 Å². The number of aromatic amines is 1. The molecule has 2 rings (SSSR count). The van der Waals surface area contributed by atoms with Crippen LogP contribution in [0.1, 0.15) is 12.8 Å². The maximum Gasteiger partial charge on any atom is 0.248 e. The number of rotatable bonds is 4. The van der Waals surface area contributed by atoms with Gasteiger partial charge in [0.25, 0.3) is 0 Å². The topological polar surface area (TPSA) is 79.5 Å². The fourth-order valence-electron chi connectivity index (χ4n) is 2.29. The van der Waals surface area contributed by atoms with Gasteiger partial charge in [-0.1, -0.05) is 0 Å². The van der Waals surface area contributed by atoms with E-state index in [1.807, 2.05) is 0 Å². The van der Waals surface area contributed by atoms with Crippen LogP contribution in [0.3, 0.4) is 0 Å². The first-order chi connectivity index (χ1) is 9.05. The molecule has 0 saturated carbocycles. The number of ether oxygens (including phenoxy) is 1. The molecule has 1 aromatic heterocycles. The predicted molar refractivity (Wildman–Crippen MR) is 70.4 cm³/mol. The molecule has 1 aliphatic heterocycles. The normalized spacial score (nSPS) is 18.6. The Morgan fingerprint density at radius 1 is 1.42 bits per heavy atom. The summed E-state index contributed by atoms with van der Waals surface area (Å²) >= 11 is 0. The Morgan fingerprint density at radius 2 is 2.11 bits per heavy atom. The summed E-state index contributed by atoms with van der Waals surface area (Å²) in [7, 11) is -2.04. The van der Waals surface area contributed by atoms with Crippen LogP contribution in [-0.4, -0.2) is 44.5 Å².